The first-order valence-electron chi connectivity index (χ1n) is 8.80. The smallest absolute Gasteiger partial charge is 0.309 e. The summed E-state index contributed by atoms with van der Waals surface area (Å²) in [4.78, 5) is 20.4. The summed E-state index contributed by atoms with van der Waals surface area (Å²) in [6, 6.07) is 11.2. The molecule has 28 heavy (non-hydrogen) atoms. The van der Waals surface area contributed by atoms with Gasteiger partial charge in [-0.15, -0.1) is 0 Å². The second-order valence-electron chi connectivity index (χ2n) is 6.38. The topological polar surface area (TPSA) is 103 Å². The number of H-pyrrole nitrogens is 1. The molecule has 1 aliphatic rings. The Kier molecular flexibility index (Phi) is 3.78. The van der Waals surface area contributed by atoms with Crippen LogP contribution in [0.25, 0.3) is 16.8 Å². The van der Waals surface area contributed by atoms with Crippen molar-refractivity contribution in [2.75, 3.05) is 25.6 Å². The summed E-state index contributed by atoms with van der Waals surface area (Å²) in [6.07, 6.45) is 0.244. The minimum atomic E-state index is -0.267. The first-order chi connectivity index (χ1) is 13.7. The Balaban J connectivity index is 1.41. The number of methoxy groups -OCH3 is 1. The highest BCUT2D eigenvalue weighted by Gasteiger charge is 2.17. The van der Waals surface area contributed by atoms with Crippen LogP contribution in [-0.4, -0.2) is 45.9 Å². The van der Waals surface area contributed by atoms with Gasteiger partial charge in [0, 0.05) is 17.8 Å². The van der Waals surface area contributed by atoms with E-state index in [4.69, 9.17) is 9.47 Å². The number of carbonyl (C=O) groups excluding carboxylic acids is 1. The second-order valence-corrected chi connectivity index (χ2v) is 6.38. The SMILES string of the molecule is COC(=O)Cc1ccc(Nc2nc3nc4cc5c(cc4n3[nH]2)OCCO5)cc1. The Morgan fingerprint density at radius 1 is 1.18 bits per heavy atom. The first-order valence-corrected chi connectivity index (χ1v) is 8.80. The average molecular weight is 379 g/mol. The van der Waals surface area contributed by atoms with E-state index in [0.29, 0.717) is 36.4 Å². The van der Waals surface area contributed by atoms with Crippen molar-refractivity contribution >= 4 is 34.4 Å². The summed E-state index contributed by atoms with van der Waals surface area (Å²) < 4.78 is 17.7. The van der Waals surface area contributed by atoms with Gasteiger partial charge >= 0.3 is 5.97 Å². The number of benzene rings is 2. The van der Waals surface area contributed by atoms with Crippen LogP contribution in [0.15, 0.2) is 36.4 Å². The van der Waals surface area contributed by atoms with Gasteiger partial charge < -0.3 is 19.5 Å². The van der Waals surface area contributed by atoms with Crippen molar-refractivity contribution < 1.29 is 19.0 Å². The molecule has 2 N–H and O–H groups in total. The maximum absolute atomic E-state index is 11.3. The van der Waals surface area contributed by atoms with E-state index in [-0.39, 0.29) is 12.4 Å². The lowest BCUT2D eigenvalue weighted by atomic mass is 10.1. The van der Waals surface area contributed by atoms with Gasteiger partial charge in [-0.05, 0) is 17.7 Å². The zero-order chi connectivity index (χ0) is 19.1. The molecule has 9 heteroatoms. The number of fused-ring (bicyclic) bond motifs is 4. The largest absolute Gasteiger partial charge is 0.486 e. The highest BCUT2D eigenvalue weighted by atomic mass is 16.6. The lowest BCUT2D eigenvalue weighted by Gasteiger charge is -2.17. The zero-order valence-electron chi connectivity index (χ0n) is 15.1. The number of anilines is 2. The van der Waals surface area contributed by atoms with Gasteiger partial charge in [0.05, 0.1) is 24.6 Å². The number of esters is 1. The molecule has 4 aromatic rings. The van der Waals surface area contributed by atoms with Gasteiger partial charge in [-0.2, -0.15) is 4.98 Å². The molecule has 0 atom stereocenters. The lowest BCUT2D eigenvalue weighted by molar-refractivity contribution is -0.139. The average Bonchev–Trinajstić information content (AvgIpc) is 3.24. The van der Waals surface area contributed by atoms with Gasteiger partial charge in [0.2, 0.25) is 5.95 Å². The molecule has 1 aliphatic heterocycles. The molecular formula is C19H17N5O4. The molecule has 2 aromatic carbocycles. The molecule has 0 saturated heterocycles. The van der Waals surface area contributed by atoms with Crippen LogP contribution in [0.3, 0.4) is 0 Å². The van der Waals surface area contributed by atoms with Crippen LogP contribution in [0.4, 0.5) is 11.6 Å². The number of ether oxygens (including phenoxy) is 3. The highest BCUT2D eigenvalue weighted by molar-refractivity contribution is 5.83. The second kappa shape index (κ2) is 6.45. The van der Waals surface area contributed by atoms with Crippen molar-refractivity contribution in [3.63, 3.8) is 0 Å². The number of carbonyl (C=O) groups is 1. The predicted octanol–water partition coefficient (Wildman–Crippen LogP) is 2.44. The van der Waals surface area contributed by atoms with E-state index in [2.05, 4.69) is 25.1 Å². The first kappa shape index (κ1) is 16.4. The summed E-state index contributed by atoms with van der Waals surface area (Å²) >= 11 is 0. The molecule has 0 saturated carbocycles. The maximum Gasteiger partial charge on any atom is 0.309 e. The van der Waals surface area contributed by atoms with Crippen molar-refractivity contribution in [2.45, 2.75) is 6.42 Å². The van der Waals surface area contributed by atoms with Crippen molar-refractivity contribution in [1.82, 2.24) is 19.6 Å². The number of aromatic amines is 1. The Hall–Kier alpha value is -3.75. The van der Waals surface area contributed by atoms with Gasteiger partial charge in [0.1, 0.15) is 13.2 Å². The fraction of sp³-hybridized carbons (Fsp3) is 0.211. The number of nitrogens with one attached hydrogen (secondary N) is 2. The monoisotopic (exact) mass is 379 g/mol. The fourth-order valence-corrected chi connectivity index (χ4v) is 3.15. The minimum Gasteiger partial charge on any atom is -0.486 e. The summed E-state index contributed by atoms with van der Waals surface area (Å²) in [5.41, 5.74) is 3.35. The number of imidazole rings is 1. The van der Waals surface area contributed by atoms with Crippen molar-refractivity contribution in [1.29, 1.82) is 0 Å². The van der Waals surface area contributed by atoms with Gasteiger partial charge in [-0.25, -0.2) is 9.50 Å². The minimum absolute atomic E-state index is 0.244. The van der Waals surface area contributed by atoms with E-state index in [9.17, 15) is 4.79 Å². The zero-order valence-corrected chi connectivity index (χ0v) is 15.1. The number of hydrogen-bond donors (Lipinski definition) is 2. The van der Waals surface area contributed by atoms with Crippen LogP contribution in [0.2, 0.25) is 0 Å². The normalized spacial score (nSPS) is 13.0. The van der Waals surface area contributed by atoms with Crippen LogP contribution in [-0.2, 0) is 16.0 Å². The molecule has 0 unspecified atom stereocenters. The molecular weight excluding hydrogens is 362 g/mol. The molecule has 0 radical (unpaired) electrons. The Labute approximate surface area is 159 Å². The Morgan fingerprint density at radius 3 is 2.68 bits per heavy atom. The molecule has 0 bridgehead atoms. The molecule has 142 valence electrons. The van der Waals surface area contributed by atoms with Gasteiger partial charge in [0.25, 0.3) is 5.78 Å². The van der Waals surface area contributed by atoms with Gasteiger partial charge in [0.15, 0.2) is 11.5 Å². The molecule has 3 heterocycles. The molecule has 5 rings (SSSR count). The van der Waals surface area contributed by atoms with Crippen LogP contribution in [0, 0.1) is 0 Å². The summed E-state index contributed by atoms with van der Waals surface area (Å²) in [5, 5.41) is 6.39. The quantitative estimate of drug-likeness (QED) is 0.525. The lowest BCUT2D eigenvalue weighted by Crippen LogP contribution is -2.15. The predicted molar refractivity (Wildman–Crippen MR) is 101 cm³/mol. The van der Waals surface area contributed by atoms with E-state index in [1.807, 2.05) is 36.4 Å². The Morgan fingerprint density at radius 2 is 1.93 bits per heavy atom. The number of nitrogens with zero attached hydrogens (tertiary/aromatic N) is 3. The highest BCUT2D eigenvalue weighted by Crippen LogP contribution is 2.34. The van der Waals surface area contributed by atoms with Crippen LogP contribution >= 0.6 is 0 Å². The summed E-state index contributed by atoms with van der Waals surface area (Å²) in [7, 11) is 1.38. The van der Waals surface area contributed by atoms with E-state index in [0.717, 1.165) is 22.3 Å². The number of hydrogen-bond acceptors (Lipinski definition) is 7. The molecule has 9 nitrogen and oxygen atoms in total. The number of rotatable bonds is 4. The standard InChI is InChI=1S/C19H17N5O4/c1-26-17(25)8-11-2-4-12(5-3-11)20-18-22-19-21-13-9-15-16(28-7-6-27-15)10-14(13)24(19)23-18/h2-5,9-10H,6-8H2,1H3,(H2,20,21,22,23). The van der Waals surface area contributed by atoms with E-state index in [1.165, 1.54) is 7.11 Å². The van der Waals surface area contributed by atoms with E-state index in [1.54, 1.807) is 4.52 Å². The van der Waals surface area contributed by atoms with Crippen LogP contribution in [0.1, 0.15) is 5.56 Å². The summed E-state index contributed by atoms with van der Waals surface area (Å²) in [6.45, 7) is 1.07. The van der Waals surface area contributed by atoms with Gasteiger partial charge in [-0.3, -0.25) is 9.89 Å². The van der Waals surface area contributed by atoms with Crippen molar-refractivity contribution in [2.24, 2.45) is 0 Å². The van der Waals surface area contributed by atoms with Crippen molar-refractivity contribution in [3.8, 4) is 11.5 Å². The third kappa shape index (κ3) is 2.86. The number of aromatic nitrogens is 4. The fourth-order valence-electron chi connectivity index (χ4n) is 3.15. The van der Waals surface area contributed by atoms with Gasteiger partial charge in [-0.1, -0.05) is 12.1 Å². The van der Waals surface area contributed by atoms with Crippen LogP contribution < -0.4 is 14.8 Å². The third-order valence-corrected chi connectivity index (χ3v) is 4.52. The molecule has 2 aromatic heterocycles. The third-order valence-electron chi connectivity index (χ3n) is 4.52. The maximum atomic E-state index is 11.3. The molecule has 0 amide bonds. The van der Waals surface area contributed by atoms with Crippen molar-refractivity contribution in [3.05, 3.63) is 42.0 Å². The molecule has 0 spiro atoms. The molecule has 0 fully saturated rings. The summed E-state index contributed by atoms with van der Waals surface area (Å²) in [5.74, 6) is 2.23. The van der Waals surface area contributed by atoms with Crippen LogP contribution in [0.5, 0.6) is 11.5 Å². The Bertz CT molecular complexity index is 1180. The molecule has 0 aliphatic carbocycles. The van der Waals surface area contributed by atoms with E-state index >= 15 is 0 Å². The van der Waals surface area contributed by atoms with E-state index < -0.39 is 0 Å².